The fraction of sp³-hybridized carbons (Fsp3) is 0.278. The number of hydrogen-bond acceptors (Lipinski definition) is 4. The Bertz CT molecular complexity index is 855. The number of nitrogens with two attached hydrogens (primary N) is 1. The number of amides is 1. The van der Waals surface area contributed by atoms with E-state index in [0.29, 0.717) is 11.1 Å². The first-order valence-electron chi connectivity index (χ1n) is 7.87. The molecule has 2 aromatic rings. The number of rotatable bonds is 6. The van der Waals surface area contributed by atoms with Crippen molar-refractivity contribution in [3.63, 3.8) is 0 Å². The van der Waals surface area contributed by atoms with Gasteiger partial charge in [0, 0.05) is 0 Å². The van der Waals surface area contributed by atoms with E-state index in [4.69, 9.17) is 5.73 Å². The summed E-state index contributed by atoms with van der Waals surface area (Å²) in [7, 11) is -2.19. The average Bonchev–Trinajstić information content (AvgIpc) is 2.62. The Morgan fingerprint density at radius 2 is 1.73 bits per heavy atom. The molecule has 0 heterocycles. The molecule has 0 bridgehead atoms. The van der Waals surface area contributed by atoms with Crippen molar-refractivity contribution < 1.29 is 13.2 Å². The fourth-order valence-electron chi connectivity index (χ4n) is 2.41. The third-order valence-electron chi connectivity index (χ3n) is 4.13. The Hall–Kier alpha value is -1.93. The van der Waals surface area contributed by atoms with Crippen molar-refractivity contribution >= 4 is 28.3 Å². The number of carbonyl (C=O) groups is 1. The molecular formula is C18H24ClN3O3S. The Kier molecular flexibility index (Phi) is 7.35. The molecule has 26 heavy (non-hydrogen) atoms. The lowest BCUT2D eigenvalue weighted by molar-refractivity contribution is -0.126. The van der Waals surface area contributed by atoms with Gasteiger partial charge in [-0.05, 0) is 44.2 Å². The molecule has 0 saturated heterocycles. The summed E-state index contributed by atoms with van der Waals surface area (Å²) in [5, 5.41) is 2.85. The lowest BCUT2D eigenvalue weighted by Gasteiger charge is -2.26. The van der Waals surface area contributed by atoms with Gasteiger partial charge in [0.15, 0.2) is 0 Å². The monoisotopic (exact) mass is 397 g/mol. The highest BCUT2D eigenvalue weighted by molar-refractivity contribution is 7.89. The normalized spacial score (nSPS) is 14.6. The zero-order valence-corrected chi connectivity index (χ0v) is 16.5. The van der Waals surface area contributed by atoms with E-state index in [2.05, 4.69) is 10.0 Å². The molecule has 2 rings (SSSR count). The summed E-state index contributed by atoms with van der Waals surface area (Å²) in [6.07, 6.45) is 0. The van der Waals surface area contributed by atoms with Crippen molar-refractivity contribution in [3.8, 4) is 0 Å². The van der Waals surface area contributed by atoms with E-state index in [9.17, 15) is 13.2 Å². The summed E-state index contributed by atoms with van der Waals surface area (Å²) in [6.45, 7) is 3.43. The first kappa shape index (κ1) is 22.1. The van der Waals surface area contributed by atoms with Gasteiger partial charge >= 0.3 is 0 Å². The quantitative estimate of drug-likeness (QED) is 0.694. The van der Waals surface area contributed by atoms with Crippen LogP contribution in [0.25, 0.3) is 0 Å². The van der Waals surface area contributed by atoms with Crippen LogP contribution in [-0.4, -0.2) is 21.4 Å². The Balaban J connectivity index is 0.00000338. The highest BCUT2D eigenvalue weighted by Crippen LogP contribution is 2.21. The first-order valence-corrected chi connectivity index (χ1v) is 9.35. The maximum absolute atomic E-state index is 12.6. The van der Waals surface area contributed by atoms with E-state index in [0.717, 1.165) is 0 Å². The summed E-state index contributed by atoms with van der Waals surface area (Å²) in [6, 6.07) is 15.1. The molecule has 1 amide bonds. The molecule has 0 spiro atoms. The van der Waals surface area contributed by atoms with E-state index in [1.165, 1.54) is 19.2 Å². The van der Waals surface area contributed by atoms with Gasteiger partial charge in [-0.3, -0.25) is 4.79 Å². The van der Waals surface area contributed by atoms with Crippen LogP contribution in [0.15, 0.2) is 59.5 Å². The van der Waals surface area contributed by atoms with Crippen molar-refractivity contribution in [1.82, 2.24) is 10.0 Å². The van der Waals surface area contributed by atoms with Gasteiger partial charge in [-0.2, -0.15) is 0 Å². The molecule has 0 fully saturated rings. The first-order chi connectivity index (χ1) is 11.7. The summed E-state index contributed by atoms with van der Waals surface area (Å²) >= 11 is 0. The lowest BCUT2D eigenvalue weighted by Crippen LogP contribution is -2.49. The number of sulfonamides is 1. The molecule has 142 valence electrons. The minimum absolute atomic E-state index is 0. The van der Waals surface area contributed by atoms with Crippen molar-refractivity contribution in [2.24, 2.45) is 5.73 Å². The van der Waals surface area contributed by atoms with E-state index in [-0.39, 0.29) is 23.2 Å². The molecule has 0 radical (unpaired) electrons. The number of halogens is 1. The smallest absolute Gasteiger partial charge is 0.244 e. The number of hydrogen-bond donors (Lipinski definition) is 3. The molecule has 0 aliphatic carbocycles. The fourth-order valence-corrected chi connectivity index (χ4v) is 3.20. The van der Waals surface area contributed by atoms with Gasteiger partial charge in [0.25, 0.3) is 0 Å². The van der Waals surface area contributed by atoms with Crippen molar-refractivity contribution in [3.05, 3.63) is 65.7 Å². The van der Waals surface area contributed by atoms with Crippen LogP contribution in [0.2, 0.25) is 0 Å². The van der Waals surface area contributed by atoms with E-state index >= 15 is 0 Å². The van der Waals surface area contributed by atoms with Crippen LogP contribution in [0.4, 0.5) is 0 Å². The number of benzene rings is 2. The van der Waals surface area contributed by atoms with Gasteiger partial charge in [-0.15, -0.1) is 12.4 Å². The molecular weight excluding hydrogens is 374 g/mol. The molecule has 2 aromatic carbocycles. The predicted octanol–water partition coefficient (Wildman–Crippen LogP) is 2.07. The molecule has 0 aliphatic rings. The maximum Gasteiger partial charge on any atom is 0.244 e. The largest absolute Gasteiger partial charge is 0.348 e. The Morgan fingerprint density at radius 1 is 1.12 bits per heavy atom. The molecule has 0 aliphatic heterocycles. The molecule has 2 unspecified atom stereocenters. The zero-order valence-electron chi connectivity index (χ0n) is 14.9. The van der Waals surface area contributed by atoms with Gasteiger partial charge < -0.3 is 11.1 Å². The summed E-state index contributed by atoms with van der Waals surface area (Å²) in [4.78, 5) is 12.8. The van der Waals surface area contributed by atoms with Crippen molar-refractivity contribution in [1.29, 1.82) is 0 Å². The highest BCUT2D eigenvalue weighted by atomic mass is 35.5. The molecule has 2 atom stereocenters. The van der Waals surface area contributed by atoms with Crippen LogP contribution in [-0.2, 0) is 20.4 Å². The van der Waals surface area contributed by atoms with E-state index in [1.54, 1.807) is 38.1 Å². The molecule has 6 nitrogen and oxygen atoms in total. The minimum Gasteiger partial charge on any atom is -0.348 e. The maximum atomic E-state index is 12.6. The Morgan fingerprint density at radius 3 is 2.31 bits per heavy atom. The predicted molar refractivity (Wildman–Crippen MR) is 104 cm³/mol. The SMILES string of the molecule is CNS(=O)(=O)c1cccc(C(C)NC(=O)C(C)(N)c2ccccc2)c1.Cl. The summed E-state index contributed by atoms with van der Waals surface area (Å²) in [5.74, 6) is -0.340. The molecule has 8 heteroatoms. The third-order valence-corrected chi connectivity index (χ3v) is 5.54. The van der Waals surface area contributed by atoms with Crippen LogP contribution in [0, 0.1) is 0 Å². The number of carbonyl (C=O) groups excluding carboxylic acids is 1. The van der Waals surface area contributed by atoms with Crippen LogP contribution >= 0.6 is 12.4 Å². The van der Waals surface area contributed by atoms with Gasteiger partial charge in [-0.25, -0.2) is 13.1 Å². The number of nitrogens with one attached hydrogen (secondary N) is 2. The second-order valence-electron chi connectivity index (χ2n) is 6.04. The Labute approximate surface area is 160 Å². The molecule has 4 N–H and O–H groups in total. The van der Waals surface area contributed by atoms with Crippen LogP contribution < -0.4 is 15.8 Å². The van der Waals surface area contributed by atoms with Gasteiger partial charge in [-0.1, -0.05) is 42.5 Å². The zero-order chi connectivity index (χ0) is 18.7. The molecule has 0 saturated carbocycles. The van der Waals surface area contributed by atoms with E-state index in [1.807, 2.05) is 18.2 Å². The minimum atomic E-state index is -3.54. The van der Waals surface area contributed by atoms with Crippen LogP contribution in [0.5, 0.6) is 0 Å². The third kappa shape index (κ3) is 4.82. The van der Waals surface area contributed by atoms with Gasteiger partial charge in [0.2, 0.25) is 15.9 Å². The topological polar surface area (TPSA) is 101 Å². The van der Waals surface area contributed by atoms with Gasteiger partial charge in [0.05, 0.1) is 10.9 Å². The molecule has 0 aromatic heterocycles. The van der Waals surface area contributed by atoms with Crippen LogP contribution in [0.3, 0.4) is 0 Å². The highest BCUT2D eigenvalue weighted by Gasteiger charge is 2.31. The lowest BCUT2D eigenvalue weighted by atomic mass is 9.91. The second-order valence-corrected chi connectivity index (χ2v) is 7.93. The summed E-state index contributed by atoms with van der Waals surface area (Å²) < 4.78 is 26.1. The second kappa shape index (κ2) is 8.64. The van der Waals surface area contributed by atoms with E-state index < -0.39 is 21.6 Å². The van der Waals surface area contributed by atoms with Crippen molar-refractivity contribution in [2.45, 2.75) is 30.3 Å². The van der Waals surface area contributed by atoms with Crippen molar-refractivity contribution in [2.75, 3.05) is 7.05 Å². The van der Waals surface area contributed by atoms with Gasteiger partial charge in [0.1, 0.15) is 5.54 Å². The average molecular weight is 398 g/mol. The van der Waals surface area contributed by atoms with Crippen LogP contribution in [0.1, 0.15) is 31.0 Å². The standard InChI is InChI=1S/C18H23N3O3S.ClH/c1-13(14-8-7-11-16(12-14)25(23,24)20-3)21-17(22)18(2,19)15-9-5-4-6-10-15;/h4-13,20H,19H2,1-3H3,(H,21,22);1H. The summed E-state index contributed by atoms with van der Waals surface area (Å²) in [5.41, 5.74) is 6.40.